The zero-order valence-electron chi connectivity index (χ0n) is 20.1. The topological polar surface area (TPSA) is 79.7 Å². The molecule has 1 unspecified atom stereocenters. The number of aromatic amines is 1. The number of hydrogen-bond acceptors (Lipinski definition) is 5. The summed E-state index contributed by atoms with van der Waals surface area (Å²) in [5, 5.41) is 14.0. The maximum absolute atomic E-state index is 13.4. The van der Waals surface area contributed by atoms with Gasteiger partial charge in [-0.25, -0.2) is 4.68 Å². The van der Waals surface area contributed by atoms with Crippen molar-refractivity contribution in [3.8, 4) is 0 Å². The van der Waals surface area contributed by atoms with Crippen molar-refractivity contribution in [2.75, 3.05) is 7.05 Å². The van der Waals surface area contributed by atoms with Gasteiger partial charge < -0.3 is 4.98 Å². The quantitative estimate of drug-likeness (QED) is 0.587. The third-order valence-electron chi connectivity index (χ3n) is 7.37. The van der Waals surface area contributed by atoms with E-state index in [1.807, 2.05) is 10.7 Å². The van der Waals surface area contributed by atoms with E-state index in [0.29, 0.717) is 11.6 Å². The van der Waals surface area contributed by atoms with Gasteiger partial charge in [-0.2, -0.15) is 0 Å². The molecule has 2 heterocycles. The maximum Gasteiger partial charge on any atom is 0.253 e. The summed E-state index contributed by atoms with van der Waals surface area (Å²) in [6.45, 7) is 8.57. The summed E-state index contributed by atoms with van der Waals surface area (Å²) >= 11 is 0. The van der Waals surface area contributed by atoms with Crippen molar-refractivity contribution >= 4 is 10.9 Å². The Labute approximate surface area is 190 Å². The van der Waals surface area contributed by atoms with E-state index in [0.717, 1.165) is 42.4 Å². The molecule has 172 valence electrons. The number of H-pyrrole nitrogens is 1. The molecule has 0 amide bonds. The SMILES string of the molecule is CCc1ccc2[nH]c(=O)c(C(c3nnnn3C(C)(C)CC)N(C)C3CCCCC3)cc2c1. The van der Waals surface area contributed by atoms with Crippen molar-refractivity contribution in [1.82, 2.24) is 30.1 Å². The number of nitrogens with one attached hydrogen (secondary N) is 1. The third-order valence-corrected chi connectivity index (χ3v) is 7.37. The minimum atomic E-state index is -0.308. The standard InChI is InChI=1S/C25H36N6O/c1-6-17-13-14-21-18(15-17)16-20(24(32)26-21)22(30(5)19-11-9-8-10-12-19)23-27-28-29-31(23)25(3,4)7-2/h13-16,19,22H,6-12H2,1-5H3,(H,26,32). The predicted molar refractivity (Wildman–Crippen MR) is 128 cm³/mol. The Kier molecular flexibility index (Phi) is 6.47. The van der Waals surface area contributed by atoms with Crippen molar-refractivity contribution < 1.29 is 0 Å². The number of tetrazole rings is 1. The summed E-state index contributed by atoms with van der Waals surface area (Å²) < 4.78 is 1.92. The van der Waals surface area contributed by atoms with Crippen molar-refractivity contribution in [1.29, 1.82) is 0 Å². The Morgan fingerprint density at radius 2 is 1.94 bits per heavy atom. The number of aromatic nitrogens is 5. The molecule has 1 atom stereocenters. The van der Waals surface area contributed by atoms with Crippen molar-refractivity contribution in [3.05, 3.63) is 51.6 Å². The van der Waals surface area contributed by atoms with Crippen LogP contribution in [-0.4, -0.2) is 43.2 Å². The number of rotatable bonds is 7. The van der Waals surface area contributed by atoms with Crippen LogP contribution in [0.25, 0.3) is 10.9 Å². The minimum Gasteiger partial charge on any atom is -0.322 e. The number of nitrogens with zero attached hydrogens (tertiary/aromatic N) is 5. The van der Waals surface area contributed by atoms with E-state index in [9.17, 15) is 4.79 Å². The van der Waals surface area contributed by atoms with E-state index in [1.165, 1.54) is 24.8 Å². The lowest BCUT2D eigenvalue weighted by Gasteiger charge is -2.37. The Morgan fingerprint density at radius 1 is 1.19 bits per heavy atom. The van der Waals surface area contributed by atoms with Crippen LogP contribution in [0, 0.1) is 0 Å². The molecule has 3 aromatic rings. The van der Waals surface area contributed by atoms with Crippen LogP contribution >= 0.6 is 0 Å². The molecule has 0 radical (unpaired) electrons. The molecule has 0 aliphatic heterocycles. The highest BCUT2D eigenvalue weighted by atomic mass is 16.1. The van der Waals surface area contributed by atoms with Gasteiger partial charge in [0.2, 0.25) is 0 Å². The van der Waals surface area contributed by atoms with Crippen LogP contribution in [0.1, 0.15) is 89.2 Å². The number of pyridine rings is 1. The second kappa shape index (κ2) is 9.14. The average Bonchev–Trinajstić information content (AvgIpc) is 3.30. The van der Waals surface area contributed by atoms with E-state index in [-0.39, 0.29) is 17.1 Å². The summed E-state index contributed by atoms with van der Waals surface area (Å²) in [7, 11) is 2.13. The smallest absolute Gasteiger partial charge is 0.253 e. The summed E-state index contributed by atoms with van der Waals surface area (Å²) in [6.07, 6.45) is 7.85. The van der Waals surface area contributed by atoms with Gasteiger partial charge in [0.15, 0.2) is 5.82 Å². The molecular formula is C25H36N6O. The summed E-state index contributed by atoms with van der Waals surface area (Å²) in [5.41, 5.74) is 2.51. The first-order chi connectivity index (χ1) is 15.4. The van der Waals surface area contributed by atoms with Crippen LogP contribution in [0.2, 0.25) is 0 Å². The van der Waals surface area contributed by atoms with Crippen molar-refractivity contribution in [2.45, 2.75) is 90.3 Å². The van der Waals surface area contributed by atoms with Gasteiger partial charge in [0.1, 0.15) is 6.04 Å². The predicted octanol–water partition coefficient (Wildman–Crippen LogP) is 4.58. The zero-order chi connectivity index (χ0) is 22.9. The monoisotopic (exact) mass is 436 g/mol. The number of aryl methyl sites for hydroxylation is 1. The highest BCUT2D eigenvalue weighted by Crippen LogP contribution is 2.34. The number of hydrogen-bond donors (Lipinski definition) is 1. The first-order valence-electron chi connectivity index (χ1n) is 12.0. The molecule has 1 aromatic carbocycles. The van der Waals surface area contributed by atoms with Crippen LogP contribution < -0.4 is 5.56 Å². The lowest BCUT2D eigenvalue weighted by molar-refractivity contribution is 0.142. The Bertz CT molecular complexity index is 1120. The molecule has 32 heavy (non-hydrogen) atoms. The fourth-order valence-corrected chi connectivity index (χ4v) is 4.88. The molecule has 7 nitrogen and oxygen atoms in total. The largest absolute Gasteiger partial charge is 0.322 e. The maximum atomic E-state index is 13.4. The van der Waals surface area contributed by atoms with E-state index < -0.39 is 0 Å². The van der Waals surface area contributed by atoms with E-state index in [4.69, 9.17) is 0 Å². The van der Waals surface area contributed by atoms with Crippen LogP contribution in [-0.2, 0) is 12.0 Å². The molecule has 0 bridgehead atoms. The van der Waals surface area contributed by atoms with Gasteiger partial charge in [-0.05, 0) is 86.2 Å². The molecule has 1 N–H and O–H groups in total. The lowest BCUT2D eigenvalue weighted by Crippen LogP contribution is -2.42. The normalized spacial score (nSPS) is 16.7. The van der Waals surface area contributed by atoms with E-state index >= 15 is 0 Å². The fraction of sp³-hybridized carbons (Fsp3) is 0.600. The molecule has 0 spiro atoms. The van der Waals surface area contributed by atoms with Gasteiger partial charge in [0.05, 0.1) is 5.54 Å². The van der Waals surface area contributed by atoms with Crippen molar-refractivity contribution in [3.63, 3.8) is 0 Å². The fourth-order valence-electron chi connectivity index (χ4n) is 4.88. The Balaban J connectivity index is 1.89. The van der Waals surface area contributed by atoms with Crippen molar-refractivity contribution in [2.24, 2.45) is 0 Å². The van der Waals surface area contributed by atoms with Crippen LogP contribution in [0.4, 0.5) is 0 Å². The van der Waals surface area contributed by atoms with Crippen LogP contribution in [0.15, 0.2) is 29.1 Å². The second-order valence-electron chi connectivity index (χ2n) is 9.80. The molecule has 1 aliphatic rings. The summed E-state index contributed by atoms with van der Waals surface area (Å²) in [4.78, 5) is 18.8. The van der Waals surface area contributed by atoms with Crippen LogP contribution in [0.3, 0.4) is 0 Å². The highest BCUT2D eigenvalue weighted by Gasteiger charge is 2.35. The first-order valence-corrected chi connectivity index (χ1v) is 12.0. The molecule has 1 saturated carbocycles. The minimum absolute atomic E-state index is 0.0711. The third kappa shape index (κ3) is 4.22. The van der Waals surface area contributed by atoms with Gasteiger partial charge in [-0.1, -0.05) is 39.2 Å². The second-order valence-corrected chi connectivity index (χ2v) is 9.80. The molecule has 1 aliphatic carbocycles. The van der Waals surface area contributed by atoms with Gasteiger partial charge in [0.25, 0.3) is 5.56 Å². The number of benzene rings is 1. The Hall–Kier alpha value is -2.54. The lowest BCUT2D eigenvalue weighted by atomic mass is 9.91. The zero-order valence-corrected chi connectivity index (χ0v) is 20.1. The molecule has 0 saturated heterocycles. The highest BCUT2D eigenvalue weighted by molar-refractivity contribution is 5.80. The molecule has 1 fully saturated rings. The van der Waals surface area contributed by atoms with Gasteiger partial charge in [-0.3, -0.25) is 9.69 Å². The number of fused-ring (bicyclic) bond motifs is 1. The van der Waals surface area contributed by atoms with E-state index in [1.54, 1.807) is 0 Å². The molecule has 4 rings (SSSR count). The van der Waals surface area contributed by atoms with Crippen LogP contribution in [0.5, 0.6) is 0 Å². The summed E-state index contributed by atoms with van der Waals surface area (Å²) in [6, 6.07) is 8.40. The van der Waals surface area contributed by atoms with E-state index in [2.05, 4.69) is 78.4 Å². The average molecular weight is 437 g/mol. The molecular weight excluding hydrogens is 400 g/mol. The molecule has 7 heteroatoms. The van der Waals surface area contributed by atoms with Gasteiger partial charge in [-0.15, -0.1) is 5.10 Å². The Morgan fingerprint density at radius 3 is 2.62 bits per heavy atom. The van der Waals surface area contributed by atoms with Gasteiger partial charge >= 0.3 is 0 Å². The summed E-state index contributed by atoms with van der Waals surface area (Å²) in [5.74, 6) is 0.737. The first kappa shape index (κ1) is 22.6. The molecule has 2 aromatic heterocycles. The van der Waals surface area contributed by atoms with Gasteiger partial charge in [0, 0.05) is 17.1 Å².